The highest BCUT2D eigenvalue weighted by atomic mass is 32.1. The van der Waals surface area contributed by atoms with Crippen LogP contribution in [-0.2, 0) is 9.53 Å². The Morgan fingerprint density at radius 1 is 1.27 bits per heavy atom. The number of aromatic nitrogens is 1. The van der Waals surface area contributed by atoms with Gasteiger partial charge >= 0.3 is 5.97 Å². The van der Waals surface area contributed by atoms with Crippen LogP contribution >= 0.6 is 11.3 Å². The monoisotopic (exact) mass is 440 g/mol. The highest BCUT2D eigenvalue weighted by molar-refractivity contribution is 7.11. The number of benzene rings is 1. The van der Waals surface area contributed by atoms with E-state index in [1.165, 1.54) is 18.4 Å². The maximum absolute atomic E-state index is 12.0. The van der Waals surface area contributed by atoms with Gasteiger partial charge in [-0.3, -0.25) is 4.99 Å². The van der Waals surface area contributed by atoms with Crippen molar-refractivity contribution in [2.45, 2.75) is 26.3 Å². The summed E-state index contributed by atoms with van der Waals surface area (Å²) in [6.07, 6.45) is 2.42. The molecule has 1 aromatic carbocycles. The molecule has 6 nitrogen and oxygen atoms in total. The minimum Gasteiger partial charge on any atom is -0.466 e. The average molecular weight is 440 g/mol. The van der Waals surface area contributed by atoms with Gasteiger partial charge in [0.15, 0.2) is 28.3 Å². The molecular weight excluding hydrogens is 417 g/mol. The second-order valence-electron chi connectivity index (χ2n) is 6.00. The number of halogens is 3. The summed E-state index contributed by atoms with van der Waals surface area (Å²) < 4.78 is 40.7. The molecule has 10 heteroatoms. The van der Waals surface area contributed by atoms with Gasteiger partial charge in [-0.15, -0.1) is 11.3 Å². The Kier molecular flexibility index (Phi) is 8.55. The van der Waals surface area contributed by atoms with Crippen molar-refractivity contribution in [1.29, 1.82) is 0 Å². The van der Waals surface area contributed by atoms with Crippen LogP contribution in [0.2, 0.25) is 0 Å². The number of amidine groups is 1. The van der Waals surface area contributed by atoms with Gasteiger partial charge in [-0.1, -0.05) is 19.9 Å². The standard InChI is InChI=1S/C12H14N4O2S.C6H3F3.C2H6/c1-18-12(17)8-5-15-10(11-14-2-3-19-11)16-6-7(13)4-9(8)16;7-4-2-1-3-5(8)6(4)9;1-2/h2-3,7H,4-6,13H2,1H3;1-3H;1-2H3. The van der Waals surface area contributed by atoms with Gasteiger partial charge in [0.1, 0.15) is 0 Å². The summed E-state index contributed by atoms with van der Waals surface area (Å²) in [7, 11) is 1.38. The molecular formula is C20H23F3N4O2S. The van der Waals surface area contributed by atoms with Crippen molar-refractivity contribution in [1.82, 2.24) is 9.88 Å². The Morgan fingerprint density at radius 3 is 2.47 bits per heavy atom. The van der Waals surface area contributed by atoms with Gasteiger partial charge in [-0.25, -0.2) is 22.9 Å². The molecule has 0 spiro atoms. The molecule has 0 aliphatic carbocycles. The number of nitrogens with two attached hydrogens (primary N) is 1. The van der Waals surface area contributed by atoms with Crippen LogP contribution in [0.5, 0.6) is 0 Å². The van der Waals surface area contributed by atoms with E-state index in [0.29, 0.717) is 25.1 Å². The molecule has 0 radical (unpaired) electrons. The smallest absolute Gasteiger partial charge is 0.337 e. The number of fused-ring (bicyclic) bond motifs is 1. The number of hydrogen-bond donors (Lipinski definition) is 1. The number of esters is 1. The van der Waals surface area contributed by atoms with E-state index < -0.39 is 17.5 Å². The van der Waals surface area contributed by atoms with Crippen LogP contribution < -0.4 is 5.73 Å². The fraction of sp³-hybridized carbons (Fsp3) is 0.350. The minimum atomic E-state index is -1.42. The van der Waals surface area contributed by atoms with Crippen LogP contribution in [0.15, 0.2) is 46.0 Å². The first-order valence-corrected chi connectivity index (χ1v) is 10.2. The van der Waals surface area contributed by atoms with E-state index in [0.717, 1.165) is 34.7 Å². The maximum Gasteiger partial charge on any atom is 0.337 e. The van der Waals surface area contributed by atoms with Crippen molar-refractivity contribution in [2.24, 2.45) is 10.7 Å². The van der Waals surface area contributed by atoms with Crippen LogP contribution in [0.4, 0.5) is 13.2 Å². The third-order valence-electron chi connectivity index (χ3n) is 4.15. The number of methoxy groups -OCH3 is 1. The van der Waals surface area contributed by atoms with Crippen molar-refractivity contribution in [3.63, 3.8) is 0 Å². The molecule has 1 unspecified atom stereocenters. The molecule has 1 aromatic heterocycles. The molecule has 0 bridgehead atoms. The van der Waals surface area contributed by atoms with Crippen molar-refractivity contribution in [3.05, 3.63) is 63.5 Å². The zero-order valence-electron chi connectivity index (χ0n) is 16.9. The summed E-state index contributed by atoms with van der Waals surface area (Å²) in [5.74, 6) is -3.25. The number of carbonyl (C=O) groups excluding carboxylic acids is 1. The number of aliphatic imine (C=N–C) groups is 1. The number of hydrogen-bond acceptors (Lipinski definition) is 7. The van der Waals surface area contributed by atoms with Gasteiger partial charge in [0.05, 0.1) is 19.2 Å². The van der Waals surface area contributed by atoms with E-state index in [1.54, 1.807) is 6.20 Å². The van der Waals surface area contributed by atoms with Gasteiger partial charge in [0.2, 0.25) is 0 Å². The van der Waals surface area contributed by atoms with E-state index >= 15 is 0 Å². The molecule has 2 aromatic rings. The summed E-state index contributed by atoms with van der Waals surface area (Å²) in [6, 6.07) is 2.84. The first-order valence-electron chi connectivity index (χ1n) is 9.29. The normalized spacial score (nSPS) is 17.2. The van der Waals surface area contributed by atoms with Crippen molar-refractivity contribution >= 4 is 23.1 Å². The average Bonchev–Trinajstić information content (AvgIpc) is 3.42. The quantitative estimate of drug-likeness (QED) is 0.571. The van der Waals surface area contributed by atoms with E-state index in [2.05, 4.69) is 9.98 Å². The topological polar surface area (TPSA) is 80.8 Å². The summed E-state index contributed by atoms with van der Waals surface area (Å²) in [4.78, 5) is 22.5. The van der Waals surface area contributed by atoms with E-state index in [1.807, 2.05) is 24.1 Å². The largest absolute Gasteiger partial charge is 0.466 e. The first kappa shape index (κ1) is 23.6. The molecule has 0 amide bonds. The highest BCUT2D eigenvalue weighted by Gasteiger charge is 2.36. The SMILES string of the molecule is CC.COC(=O)C1=C2CC(N)CN2C(c2nccs2)=NC1.Fc1cccc(F)c1F. The zero-order chi connectivity index (χ0) is 22.3. The highest BCUT2D eigenvalue weighted by Crippen LogP contribution is 2.30. The summed E-state index contributed by atoms with van der Waals surface area (Å²) >= 11 is 1.53. The van der Waals surface area contributed by atoms with Gasteiger partial charge in [0.25, 0.3) is 0 Å². The Balaban J connectivity index is 0.000000245. The molecule has 1 saturated heterocycles. The van der Waals surface area contributed by atoms with Crippen molar-refractivity contribution in [3.8, 4) is 0 Å². The number of carbonyl (C=O) groups is 1. The van der Waals surface area contributed by atoms with Gasteiger partial charge in [-0.2, -0.15) is 0 Å². The van der Waals surface area contributed by atoms with Crippen LogP contribution in [0.1, 0.15) is 25.3 Å². The molecule has 30 heavy (non-hydrogen) atoms. The predicted molar refractivity (Wildman–Crippen MR) is 110 cm³/mol. The van der Waals surface area contributed by atoms with E-state index in [9.17, 15) is 18.0 Å². The molecule has 1 fully saturated rings. The third kappa shape index (κ3) is 5.25. The van der Waals surface area contributed by atoms with Crippen LogP contribution in [0.25, 0.3) is 0 Å². The molecule has 0 saturated carbocycles. The molecule has 3 heterocycles. The van der Waals surface area contributed by atoms with Crippen LogP contribution in [-0.4, -0.2) is 47.9 Å². The Bertz CT molecular complexity index is 912. The second kappa shape index (κ2) is 10.9. The summed E-state index contributed by atoms with van der Waals surface area (Å²) in [5, 5.41) is 2.77. The fourth-order valence-corrected chi connectivity index (χ4v) is 3.55. The maximum atomic E-state index is 12.0. The lowest BCUT2D eigenvalue weighted by molar-refractivity contribution is -0.136. The first-order chi connectivity index (χ1) is 14.4. The second-order valence-corrected chi connectivity index (χ2v) is 6.90. The number of rotatable bonds is 2. The Hall–Kier alpha value is -2.72. The summed E-state index contributed by atoms with van der Waals surface area (Å²) in [5.41, 5.74) is 7.55. The molecule has 2 aliphatic heterocycles. The van der Waals surface area contributed by atoms with E-state index in [-0.39, 0.29) is 12.0 Å². The molecule has 4 rings (SSSR count). The molecule has 1 atom stereocenters. The van der Waals surface area contributed by atoms with E-state index in [4.69, 9.17) is 10.5 Å². The number of nitrogens with zero attached hydrogens (tertiary/aromatic N) is 3. The predicted octanol–water partition coefficient (Wildman–Crippen LogP) is 3.49. The number of thiazole rings is 1. The Labute approximate surface area is 176 Å². The Morgan fingerprint density at radius 2 is 1.93 bits per heavy atom. The lowest BCUT2D eigenvalue weighted by atomic mass is 10.1. The van der Waals surface area contributed by atoms with Gasteiger partial charge in [-0.05, 0) is 12.1 Å². The fourth-order valence-electron chi connectivity index (χ4n) is 2.90. The third-order valence-corrected chi connectivity index (χ3v) is 4.92. The lowest BCUT2D eigenvalue weighted by Crippen LogP contribution is -2.35. The lowest BCUT2D eigenvalue weighted by Gasteiger charge is -2.26. The van der Waals surface area contributed by atoms with Gasteiger partial charge < -0.3 is 15.4 Å². The summed E-state index contributed by atoms with van der Waals surface area (Å²) in [6.45, 7) is 4.99. The van der Waals surface area contributed by atoms with Crippen LogP contribution in [0.3, 0.4) is 0 Å². The van der Waals surface area contributed by atoms with Crippen LogP contribution in [0, 0.1) is 17.5 Å². The zero-order valence-corrected chi connectivity index (χ0v) is 17.7. The molecule has 2 aliphatic rings. The number of ether oxygens (including phenoxy) is 1. The van der Waals surface area contributed by atoms with Crippen molar-refractivity contribution < 1.29 is 22.7 Å². The minimum absolute atomic E-state index is 0.0120. The molecule has 2 N–H and O–H groups in total. The molecule has 162 valence electrons. The van der Waals surface area contributed by atoms with Gasteiger partial charge in [0, 0.05) is 36.3 Å². The van der Waals surface area contributed by atoms with Crippen molar-refractivity contribution in [2.75, 3.05) is 20.2 Å².